The number of nitrogens with one attached hydrogen (secondary N) is 1. The maximum absolute atomic E-state index is 12.8. The highest BCUT2D eigenvalue weighted by Gasteiger charge is 2.23. The molecular formula is C19H24N2O6S. The van der Waals surface area contributed by atoms with Gasteiger partial charge < -0.3 is 19.5 Å². The summed E-state index contributed by atoms with van der Waals surface area (Å²) in [5.74, 6) is 0.914. The lowest BCUT2D eigenvalue weighted by Crippen LogP contribution is -2.30. The van der Waals surface area contributed by atoms with Crippen molar-refractivity contribution in [1.29, 1.82) is 0 Å². The summed E-state index contributed by atoms with van der Waals surface area (Å²) in [5.41, 5.74) is 1.21. The quantitative estimate of drug-likeness (QED) is 0.718. The van der Waals surface area contributed by atoms with Crippen LogP contribution in [0, 0.1) is 0 Å². The Balaban J connectivity index is 2.36. The van der Waals surface area contributed by atoms with Crippen molar-refractivity contribution in [1.82, 2.24) is 5.32 Å². The van der Waals surface area contributed by atoms with Gasteiger partial charge in [-0.1, -0.05) is 12.1 Å². The molecule has 0 heterocycles. The van der Waals surface area contributed by atoms with Crippen molar-refractivity contribution < 1.29 is 27.4 Å². The molecule has 0 aliphatic heterocycles. The molecule has 0 bridgehead atoms. The number of anilines is 1. The minimum Gasteiger partial charge on any atom is -0.497 e. The molecule has 0 saturated heterocycles. The fourth-order valence-electron chi connectivity index (χ4n) is 2.51. The number of nitrogens with zero attached hydrogens (tertiary/aromatic N) is 1. The molecule has 9 heteroatoms. The molecule has 2 rings (SSSR count). The van der Waals surface area contributed by atoms with Gasteiger partial charge in [-0.05, 0) is 23.8 Å². The van der Waals surface area contributed by atoms with Gasteiger partial charge in [0, 0.05) is 19.7 Å². The van der Waals surface area contributed by atoms with Gasteiger partial charge in [0.25, 0.3) is 5.91 Å². The molecule has 2 aromatic rings. The molecule has 1 N–H and O–H groups in total. The summed E-state index contributed by atoms with van der Waals surface area (Å²) in [6, 6.07) is 10.2. The van der Waals surface area contributed by atoms with E-state index in [9.17, 15) is 13.2 Å². The van der Waals surface area contributed by atoms with E-state index in [0.717, 1.165) is 16.1 Å². The number of sulfonamides is 1. The molecule has 0 atom stereocenters. The van der Waals surface area contributed by atoms with E-state index >= 15 is 0 Å². The first-order valence-corrected chi connectivity index (χ1v) is 10.2. The number of amides is 1. The number of methoxy groups -OCH3 is 3. The lowest BCUT2D eigenvalue weighted by molar-refractivity contribution is 0.0951. The summed E-state index contributed by atoms with van der Waals surface area (Å²) in [4.78, 5) is 12.8. The predicted octanol–water partition coefficient (Wildman–Crippen LogP) is 2.04. The second kappa shape index (κ2) is 8.83. The van der Waals surface area contributed by atoms with Crippen molar-refractivity contribution in [3.8, 4) is 17.2 Å². The monoisotopic (exact) mass is 408 g/mol. The Kier molecular flexibility index (Phi) is 6.74. The minimum absolute atomic E-state index is 0.152. The van der Waals surface area contributed by atoms with Crippen LogP contribution in [-0.2, 0) is 16.6 Å². The van der Waals surface area contributed by atoms with Crippen molar-refractivity contribution in [3.63, 3.8) is 0 Å². The zero-order chi connectivity index (χ0) is 20.9. The third-order valence-electron chi connectivity index (χ3n) is 4.20. The van der Waals surface area contributed by atoms with Crippen LogP contribution >= 0.6 is 0 Å². The van der Waals surface area contributed by atoms with Crippen LogP contribution in [0.1, 0.15) is 15.9 Å². The molecule has 0 saturated carbocycles. The van der Waals surface area contributed by atoms with Crippen LogP contribution in [0.3, 0.4) is 0 Å². The molecule has 0 fully saturated rings. The van der Waals surface area contributed by atoms with Crippen molar-refractivity contribution in [2.24, 2.45) is 0 Å². The average Bonchev–Trinajstić information content (AvgIpc) is 2.69. The van der Waals surface area contributed by atoms with Crippen LogP contribution in [0.5, 0.6) is 17.2 Å². The number of hydrogen-bond donors (Lipinski definition) is 1. The minimum atomic E-state index is -3.59. The van der Waals surface area contributed by atoms with Crippen LogP contribution in [0.2, 0.25) is 0 Å². The van der Waals surface area contributed by atoms with Crippen molar-refractivity contribution >= 4 is 21.6 Å². The van der Waals surface area contributed by atoms with Gasteiger partial charge >= 0.3 is 0 Å². The Hall–Kier alpha value is -2.94. The predicted molar refractivity (Wildman–Crippen MR) is 107 cm³/mol. The van der Waals surface area contributed by atoms with Gasteiger partial charge in [-0.2, -0.15) is 0 Å². The first-order chi connectivity index (χ1) is 13.2. The molecule has 0 unspecified atom stereocenters. The molecule has 152 valence electrons. The Morgan fingerprint density at radius 3 is 2.07 bits per heavy atom. The van der Waals surface area contributed by atoms with E-state index in [1.165, 1.54) is 33.4 Å². The third kappa shape index (κ3) is 4.86. The first-order valence-electron chi connectivity index (χ1n) is 8.32. The van der Waals surface area contributed by atoms with Crippen molar-refractivity contribution in [3.05, 3.63) is 47.5 Å². The van der Waals surface area contributed by atoms with E-state index in [4.69, 9.17) is 14.2 Å². The molecule has 0 spiro atoms. The Morgan fingerprint density at radius 2 is 1.57 bits per heavy atom. The van der Waals surface area contributed by atoms with E-state index < -0.39 is 15.9 Å². The summed E-state index contributed by atoms with van der Waals surface area (Å²) < 4.78 is 40.6. The van der Waals surface area contributed by atoms with E-state index in [0.29, 0.717) is 17.2 Å². The number of hydrogen-bond acceptors (Lipinski definition) is 6. The smallest absolute Gasteiger partial charge is 0.253 e. The highest BCUT2D eigenvalue weighted by atomic mass is 32.2. The maximum atomic E-state index is 12.8. The van der Waals surface area contributed by atoms with Gasteiger partial charge in [-0.3, -0.25) is 9.10 Å². The Morgan fingerprint density at radius 1 is 1.00 bits per heavy atom. The molecule has 0 aromatic heterocycles. The summed E-state index contributed by atoms with van der Waals surface area (Å²) in [7, 11) is 2.24. The number of carbonyl (C=O) groups is 1. The summed E-state index contributed by atoms with van der Waals surface area (Å²) >= 11 is 0. The number of carbonyl (C=O) groups excluding carboxylic acids is 1. The van der Waals surface area contributed by atoms with Gasteiger partial charge in [-0.15, -0.1) is 0 Å². The number of benzene rings is 2. The van der Waals surface area contributed by atoms with Gasteiger partial charge in [0.05, 0.1) is 38.8 Å². The fraction of sp³-hybridized carbons (Fsp3) is 0.316. The van der Waals surface area contributed by atoms with Crippen molar-refractivity contribution in [2.75, 3.05) is 38.9 Å². The van der Waals surface area contributed by atoms with E-state index in [1.54, 1.807) is 19.2 Å². The van der Waals surface area contributed by atoms with Gasteiger partial charge in [0.2, 0.25) is 10.0 Å². The average molecular weight is 408 g/mol. The molecule has 28 heavy (non-hydrogen) atoms. The summed E-state index contributed by atoms with van der Waals surface area (Å²) in [5, 5.41) is 2.79. The van der Waals surface area contributed by atoms with Crippen LogP contribution in [0.15, 0.2) is 36.4 Å². The normalized spacial score (nSPS) is 10.9. The SMILES string of the molecule is COc1ccc(CNC(=O)c2cc(OC)c(OC)cc2N(C)S(C)(=O)=O)cc1. The zero-order valence-electron chi connectivity index (χ0n) is 16.5. The van der Waals surface area contributed by atoms with Gasteiger partial charge in [0.1, 0.15) is 5.75 Å². The van der Waals surface area contributed by atoms with Gasteiger partial charge in [-0.25, -0.2) is 8.42 Å². The third-order valence-corrected chi connectivity index (χ3v) is 5.39. The van der Waals surface area contributed by atoms with Crippen LogP contribution < -0.4 is 23.8 Å². The van der Waals surface area contributed by atoms with Gasteiger partial charge in [0.15, 0.2) is 11.5 Å². The largest absolute Gasteiger partial charge is 0.497 e. The Labute approximate surface area is 165 Å². The highest BCUT2D eigenvalue weighted by molar-refractivity contribution is 7.92. The van der Waals surface area contributed by atoms with E-state index in [-0.39, 0.29) is 17.8 Å². The molecule has 0 aliphatic rings. The standard InChI is InChI=1S/C19H24N2O6S/c1-21(28(5,23)24)16-11-18(27-4)17(26-3)10-15(16)19(22)20-12-13-6-8-14(25-2)9-7-13/h6-11H,12H2,1-5H3,(H,20,22). The van der Waals surface area contributed by atoms with E-state index in [2.05, 4.69) is 5.32 Å². The maximum Gasteiger partial charge on any atom is 0.253 e. The second-order valence-electron chi connectivity index (χ2n) is 5.99. The zero-order valence-corrected chi connectivity index (χ0v) is 17.3. The molecular weight excluding hydrogens is 384 g/mol. The molecule has 0 aliphatic carbocycles. The number of ether oxygens (including phenoxy) is 3. The van der Waals surface area contributed by atoms with E-state index in [1.807, 2.05) is 12.1 Å². The summed E-state index contributed by atoms with van der Waals surface area (Å²) in [6.07, 6.45) is 1.06. The second-order valence-corrected chi connectivity index (χ2v) is 8.00. The molecule has 8 nitrogen and oxygen atoms in total. The lowest BCUT2D eigenvalue weighted by Gasteiger charge is -2.22. The molecule has 1 amide bonds. The Bertz CT molecular complexity index is 942. The first kappa shape index (κ1) is 21.4. The topological polar surface area (TPSA) is 94.2 Å². The van der Waals surface area contributed by atoms with Crippen molar-refractivity contribution in [2.45, 2.75) is 6.54 Å². The molecule has 0 radical (unpaired) electrons. The van der Waals surface area contributed by atoms with Crippen LogP contribution in [0.4, 0.5) is 5.69 Å². The number of rotatable bonds is 8. The summed E-state index contributed by atoms with van der Waals surface area (Å²) in [6.45, 7) is 0.263. The fourth-order valence-corrected chi connectivity index (χ4v) is 3.02. The van der Waals surface area contributed by atoms with Crippen LogP contribution in [-0.4, -0.2) is 49.0 Å². The highest BCUT2D eigenvalue weighted by Crippen LogP contribution is 2.35. The molecule has 2 aromatic carbocycles. The lowest BCUT2D eigenvalue weighted by atomic mass is 10.1. The van der Waals surface area contributed by atoms with Crippen LogP contribution in [0.25, 0.3) is 0 Å².